The van der Waals surface area contributed by atoms with E-state index in [0.29, 0.717) is 18.2 Å². The number of aromatic carboxylic acids is 1. The molecule has 1 saturated carbocycles. The van der Waals surface area contributed by atoms with Crippen LogP contribution in [-0.2, 0) is 6.42 Å². The van der Waals surface area contributed by atoms with Crippen LogP contribution in [0.4, 0.5) is 10.1 Å². The van der Waals surface area contributed by atoms with Crippen molar-refractivity contribution in [3.05, 3.63) is 58.7 Å². The van der Waals surface area contributed by atoms with Gasteiger partial charge in [-0.1, -0.05) is 12.1 Å². The molecule has 0 radical (unpaired) electrons. The quantitative estimate of drug-likeness (QED) is 0.888. The maximum Gasteiger partial charge on any atom is 0.356 e. The van der Waals surface area contributed by atoms with E-state index >= 15 is 0 Å². The molecule has 1 aliphatic carbocycles. The Labute approximate surface area is 128 Å². The normalized spacial score (nSPS) is 13.9. The van der Waals surface area contributed by atoms with E-state index in [4.69, 9.17) is 0 Å². The van der Waals surface area contributed by atoms with Crippen molar-refractivity contribution >= 4 is 11.7 Å². The molecule has 1 fully saturated rings. The molecule has 0 bridgehead atoms. The average molecular weight is 300 g/mol. The van der Waals surface area contributed by atoms with Crippen molar-refractivity contribution in [1.29, 1.82) is 0 Å². The Bertz CT molecular complexity index is 709. The number of benzene rings is 1. The summed E-state index contributed by atoms with van der Waals surface area (Å²) in [6.45, 7) is 1.90. The fourth-order valence-electron chi connectivity index (χ4n) is 2.41. The summed E-state index contributed by atoms with van der Waals surface area (Å²) in [6.07, 6.45) is 4.31. The number of rotatable bonds is 5. The fourth-order valence-corrected chi connectivity index (χ4v) is 2.41. The maximum absolute atomic E-state index is 13.0. The number of aromatic nitrogens is 1. The highest BCUT2D eigenvalue weighted by molar-refractivity contribution is 5.93. The zero-order valence-corrected chi connectivity index (χ0v) is 12.3. The summed E-state index contributed by atoms with van der Waals surface area (Å²) in [7, 11) is 0. The van der Waals surface area contributed by atoms with E-state index < -0.39 is 5.97 Å². The molecule has 22 heavy (non-hydrogen) atoms. The zero-order valence-electron chi connectivity index (χ0n) is 12.3. The third kappa shape index (κ3) is 3.08. The number of carboxylic acids is 1. The van der Waals surface area contributed by atoms with E-state index in [0.717, 1.165) is 29.5 Å². The van der Waals surface area contributed by atoms with Crippen molar-refractivity contribution in [1.82, 2.24) is 4.98 Å². The van der Waals surface area contributed by atoms with Gasteiger partial charge in [0.25, 0.3) is 0 Å². The van der Waals surface area contributed by atoms with Crippen LogP contribution in [0.2, 0.25) is 0 Å². The van der Waals surface area contributed by atoms with Gasteiger partial charge < -0.3 is 10.4 Å². The second kappa shape index (κ2) is 5.75. The average Bonchev–Trinajstić information content (AvgIpc) is 3.29. The molecule has 2 aromatic rings. The van der Waals surface area contributed by atoms with Gasteiger partial charge in [0.05, 0.1) is 5.69 Å². The third-order valence-electron chi connectivity index (χ3n) is 3.88. The number of nitrogens with zero attached hydrogens (tertiary/aromatic N) is 1. The van der Waals surface area contributed by atoms with Crippen molar-refractivity contribution in [2.75, 3.05) is 5.32 Å². The highest BCUT2D eigenvalue weighted by Gasteiger charge is 2.25. The lowest BCUT2D eigenvalue weighted by atomic mass is 10.00. The molecular formula is C17H17FN2O2. The van der Waals surface area contributed by atoms with Crippen LogP contribution in [0.1, 0.15) is 40.0 Å². The lowest BCUT2D eigenvalue weighted by Crippen LogP contribution is -2.13. The van der Waals surface area contributed by atoms with E-state index in [1.165, 1.54) is 12.1 Å². The molecule has 1 aromatic carbocycles. The second-order valence-corrected chi connectivity index (χ2v) is 5.66. The molecule has 4 nitrogen and oxygen atoms in total. The third-order valence-corrected chi connectivity index (χ3v) is 3.88. The minimum Gasteiger partial charge on any atom is -0.476 e. The van der Waals surface area contributed by atoms with Crippen LogP contribution < -0.4 is 5.32 Å². The smallest absolute Gasteiger partial charge is 0.356 e. The van der Waals surface area contributed by atoms with E-state index in [9.17, 15) is 14.3 Å². The Morgan fingerprint density at radius 1 is 1.36 bits per heavy atom. The van der Waals surface area contributed by atoms with Crippen molar-refractivity contribution < 1.29 is 14.3 Å². The first kappa shape index (κ1) is 14.5. The van der Waals surface area contributed by atoms with E-state index in [1.54, 1.807) is 18.3 Å². The summed E-state index contributed by atoms with van der Waals surface area (Å²) in [4.78, 5) is 15.4. The van der Waals surface area contributed by atoms with Crippen molar-refractivity contribution in [2.45, 2.75) is 32.2 Å². The first-order chi connectivity index (χ1) is 10.5. The molecule has 1 aliphatic rings. The highest BCUT2D eigenvalue weighted by Crippen LogP contribution is 2.30. The molecule has 114 valence electrons. The van der Waals surface area contributed by atoms with Crippen molar-refractivity contribution in [2.24, 2.45) is 0 Å². The van der Waals surface area contributed by atoms with Crippen LogP contribution in [0.3, 0.4) is 0 Å². The van der Waals surface area contributed by atoms with Gasteiger partial charge in [0.15, 0.2) is 5.69 Å². The molecule has 1 aromatic heterocycles. The number of hydrogen-bond acceptors (Lipinski definition) is 3. The fraction of sp³-hybridized carbons (Fsp3) is 0.294. The SMILES string of the molecule is Cc1c(Cc2ccc(F)cc2)cnc(C(=O)O)c1NC1CC1. The van der Waals surface area contributed by atoms with Crippen LogP contribution in [0, 0.1) is 12.7 Å². The Morgan fingerprint density at radius 3 is 2.64 bits per heavy atom. The molecule has 0 aliphatic heterocycles. The van der Waals surface area contributed by atoms with Gasteiger partial charge in [-0.05, 0) is 55.0 Å². The Balaban J connectivity index is 1.93. The molecule has 0 amide bonds. The number of carbonyl (C=O) groups is 1. The Kier molecular flexibility index (Phi) is 3.79. The molecule has 3 rings (SSSR count). The molecular weight excluding hydrogens is 283 g/mol. The maximum atomic E-state index is 13.0. The van der Waals surface area contributed by atoms with Gasteiger partial charge in [-0.2, -0.15) is 0 Å². The molecule has 0 saturated heterocycles. The van der Waals surface area contributed by atoms with Gasteiger partial charge in [-0.25, -0.2) is 14.2 Å². The highest BCUT2D eigenvalue weighted by atomic mass is 19.1. The number of carboxylic acid groups (broad SMARTS) is 1. The zero-order chi connectivity index (χ0) is 15.7. The van der Waals surface area contributed by atoms with E-state index in [1.807, 2.05) is 6.92 Å². The van der Waals surface area contributed by atoms with Crippen molar-refractivity contribution in [3.63, 3.8) is 0 Å². The monoisotopic (exact) mass is 300 g/mol. The molecule has 1 heterocycles. The van der Waals surface area contributed by atoms with Gasteiger partial charge in [-0.3, -0.25) is 0 Å². The second-order valence-electron chi connectivity index (χ2n) is 5.66. The van der Waals surface area contributed by atoms with Gasteiger partial charge in [0, 0.05) is 12.2 Å². The summed E-state index contributed by atoms with van der Waals surface area (Å²) in [5.74, 6) is -1.30. The Morgan fingerprint density at radius 2 is 2.05 bits per heavy atom. The molecule has 5 heteroatoms. The summed E-state index contributed by atoms with van der Waals surface area (Å²) >= 11 is 0. The number of pyridine rings is 1. The summed E-state index contributed by atoms with van der Waals surface area (Å²) in [6, 6.07) is 6.65. The number of nitrogens with one attached hydrogen (secondary N) is 1. The predicted octanol–water partition coefficient (Wildman–Crippen LogP) is 3.39. The molecule has 0 unspecified atom stereocenters. The number of hydrogen-bond donors (Lipinski definition) is 2. The summed E-state index contributed by atoms with van der Waals surface area (Å²) in [5.41, 5.74) is 3.47. The lowest BCUT2D eigenvalue weighted by molar-refractivity contribution is 0.0691. The number of halogens is 1. The first-order valence-electron chi connectivity index (χ1n) is 7.27. The van der Waals surface area contributed by atoms with Crippen LogP contribution in [0.25, 0.3) is 0 Å². The van der Waals surface area contributed by atoms with Gasteiger partial charge in [0.1, 0.15) is 5.82 Å². The minimum absolute atomic E-state index is 0.0623. The summed E-state index contributed by atoms with van der Waals surface area (Å²) < 4.78 is 13.0. The molecule has 0 atom stereocenters. The topological polar surface area (TPSA) is 62.2 Å². The van der Waals surface area contributed by atoms with Gasteiger partial charge >= 0.3 is 5.97 Å². The Hall–Kier alpha value is -2.43. The predicted molar refractivity (Wildman–Crippen MR) is 81.8 cm³/mol. The van der Waals surface area contributed by atoms with Crippen LogP contribution >= 0.6 is 0 Å². The van der Waals surface area contributed by atoms with E-state index in [2.05, 4.69) is 10.3 Å². The van der Waals surface area contributed by atoms with Crippen molar-refractivity contribution in [3.8, 4) is 0 Å². The largest absolute Gasteiger partial charge is 0.476 e. The minimum atomic E-state index is -1.03. The summed E-state index contributed by atoms with van der Waals surface area (Å²) in [5, 5.41) is 12.6. The van der Waals surface area contributed by atoms with Gasteiger partial charge in [0.2, 0.25) is 0 Å². The standard InChI is InChI=1S/C17H17FN2O2/c1-10-12(8-11-2-4-13(18)5-3-11)9-19-16(17(21)22)15(10)20-14-6-7-14/h2-5,9,14,20H,6-8H2,1H3,(H,21,22). The van der Waals surface area contributed by atoms with E-state index in [-0.39, 0.29) is 11.5 Å². The first-order valence-corrected chi connectivity index (χ1v) is 7.27. The molecule has 0 spiro atoms. The van der Waals surface area contributed by atoms with Gasteiger partial charge in [-0.15, -0.1) is 0 Å². The van der Waals surface area contributed by atoms with Crippen LogP contribution in [-0.4, -0.2) is 22.1 Å². The lowest BCUT2D eigenvalue weighted by Gasteiger charge is -2.15. The van der Waals surface area contributed by atoms with Crippen LogP contribution in [0.15, 0.2) is 30.5 Å². The van der Waals surface area contributed by atoms with Crippen LogP contribution in [0.5, 0.6) is 0 Å². The number of anilines is 1. The molecule has 2 N–H and O–H groups in total.